The van der Waals surface area contributed by atoms with Crippen molar-refractivity contribution in [3.8, 4) is 33.6 Å². The average Bonchev–Trinajstić information content (AvgIpc) is 1.61. The quantitative estimate of drug-likeness (QED) is 0.0959. The van der Waals surface area contributed by atoms with Crippen LogP contribution in [0, 0.1) is 0 Å². The van der Waals surface area contributed by atoms with Crippen LogP contribution in [0.25, 0.3) is 77.2 Å². The average molecular weight is 1440 g/mol. The van der Waals surface area contributed by atoms with Crippen LogP contribution in [0.5, 0.6) is 0 Å². The van der Waals surface area contributed by atoms with Gasteiger partial charge in [-0.05, 0) is 211 Å². The highest BCUT2D eigenvalue weighted by atomic mass is 15.1. The van der Waals surface area contributed by atoms with Crippen LogP contribution in [0.15, 0.2) is 376 Å². The van der Waals surface area contributed by atoms with Crippen LogP contribution in [-0.4, -0.2) is 9.13 Å². The molecule has 2 aromatic heterocycles. The van der Waals surface area contributed by atoms with E-state index in [2.05, 4.69) is 478 Å². The van der Waals surface area contributed by atoms with Crippen LogP contribution < -0.4 is 9.80 Å². The van der Waals surface area contributed by atoms with Crippen molar-refractivity contribution in [2.24, 2.45) is 0 Å². The Labute approximate surface area is 656 Å². The Morgan fingerprint density at radius 2 is 0.441 bits per heavy atom. The summed E-state index contributed by atoms with van der Waals surface area (Å²) >= 11 is 0. The topological polar surface area (TPSA) is 16.3 Å². The second-order valence-corrected chi connectivity index (χ2v) is 33.5. The Bertz CT molecular complexity index is 5940. The van der Waals surface area contributed by atoms with Gasteiger partial charge in [-0.25, -0.2) is 0 Å². The number of rotatable bonds is 16. The van der Waals surface area contributed by atoms with Gasteiger partial charge in [0.05, 0.1) is 22.1 Å². The van der Waals surface area contributed by atoms with E-state index in [1.807, 2.05) is 0 Å². The Morgan fingerprint density at radius 1 is 0.180 bits per heavy atom. The summed E-state index contributed by atoms with van der Waals surface area (Å²) in [7, 11) is 0. The molecule has 2 heterocycles. The molecule has 4 nitrogen and oxygen atoms in total. The van der Waals surface area contributed by atoms with Crippen molar-refractivity contribution in [2.75, 3.05) is 9.80 Å². The van der Waals surface area contributed by atoms with Crippen LogP contribution in [0.2, 0.25) is 0 Å². The summed E-state index contributed by atoms with van der Waals surface area (Å²) in [5.41, 5.74) is 28.6. The third-order valence-electron chi connectivity index (χ3n) is 23.2. The van der Waals surface area contributed by atoms with Gasteiger partial charge in [-0.2, -0.15) is 0 Å². The first-order valence-corrected chi connectivity index (χ1v) is 39.2. The number of nitrogens with zero attached hydrogens (tertiary/aromatic N) is 4. The molecule has 0 bridgehead atoms. The summed E-state index contributed by atoms with van der Waals surface area (Å²) in [6.45, 7) is 27.7. The lowest BCUT2D eigenvalue weighted by atomic mass is 9.73. The molecule has 0 fully saturated rings. The van der Waals surface area contributed by atoms with Gasteiger partial charge in [-0.15, -0.1) is 0 Å². The van der Waals surface area contributed by atoms with Gasteiger partial charge >= 0.3 is 0 Å². The molecule has 0 N–H and O–H groups in total. The van der Waals surface area contributed by atoms with E-state index in [0.717, 1.165) is 45.5 Å². The number of para-hydroxylation sites is 2. The van der Waals surface area contributed by atoms with Crippen molar-refractivity contribution in [1.29, 1.82) is 0 Å². The summed E-state index contributed by atoms with van der Waals surface area (Å²) < 4.78 is 4.93. The summed E-state index contributed by atoms with van der Waals surface area (Å²) in [4.78, 5) is 4.76. The molecule has 0 radical (unpaired) electrons. The van der Waals surface area contributed by atoms with Crippen molar-refractivity contribution in [3.05, 3.63) is 421 Å². The van der Waals surface area contributed by atoms with Crippen molar-refractivity contribution < 1.29 is 0 Å². The predicted molar refractivity (Wildman–Crippen MR) is 475 cm³/mol. The zero-order chi connectivity index (χ0) is 76.8. The molecule has 0 saturated heterocycles. The largest absolute Gasteiger partial charge is 0.310 e. The van der Waals surface area contributed by atoms with E-state index in [9.17, 15) is 0 Å². The van der Waals surface area contributed by atoms with E-state index in [0.29, 0.717) is 0 Å². The van der Waals surface area contributed by atoms with Crippen LogP contribution in [0.1, 0.15) is 128 Å². The highest BCUT2D eigenvalue weighted by Crippen LogP contribution is 2.47. The lowest BCUT2D eigenvalue weighted by molar-refractivity contribution is 0.590. The highest BCUT2D eigenvalue weighted by Gasteiger charge is 2.31. The molecule has 111 heavy (non-hydrogen) atoms. The highest BCUT2D eigenvalue weighted by molar-refractivity contribution is 6.13. The lowest BCUT2D eigenvalue weighted by Gasteiger charge is -2.32. The second-order valence-electron chi connectivity index (χ2n) is 33.5. The third kappa shape index (κ3) is 14.3. The van der Waals surface area contributed by atoms with Crippen molar-refractivity contribution in [1.82, 2.24) is 9.13 Å². The fourth-order valence-corrected chi connectivity index (χ4v) is 16.3. The summed E-state index contributed by atoms with van der Waals surface area (Å²) in [5.74, 6) is 0. The van der Waals surface area contributed by atoms with E-state index in [-0.39, 0.29) is 27.1 Å². The smallest absolute Gasteiger partial charge is 0.0542 e. The van der Waals surface area contributed by atoms with Gasteiger partial charge in [0, 0.05) is 83.3 Å². The molecule has 0 aliphatic rings. The van der Waals surface area contributed by atoms with Crippen molar-refractivity contribution in [2.45, 2.75) is 110 Å². The summed E-state index contributed by atoms with van der Waals surface area (Å²) in [6, 6.07) is 138. The number of benzene rings is 15. The Kier molecular flexibility index (Phi) is 19.3. The SMILES string of the molecule is CC(C)(C)c1ccc(N(c2ccc(C(C)(C)C)cc2)c2ccc3c(c2)c2cc(-c4ccccc4)ccc2n3-c2ccc(C(C)(C)c3ccccc3)cc2)cc1.CC(C)(c1ccccc1)c1cc(-n2c3ccc(-c4ccccc4)cc3c3cc(N(c4ccccc4)c4ccccc4)ccc32)cc(C(C)(C)c2ccccc2)c1. The van der Waals surface area contributed by atoms with E-state index < -0.39 is 0 Å². The third-order valence-corrected chi connectivity index (χ3v) is 23.2. The van der Waals surface area contributed by atoms with Gasteiger partial charge in [0.2, 0.25) is 0 Å². The van der Waals surface area contributed by atoms with Gasteiger partial charge in [0.1, 0.15) is 0 Å². The maximum Gasteiger partial charge on any atom is 0.0542 e. The number of hydrogen-bond acceptors (Lipinski definition) is 2. The molecule has 17 rings (SSSR count). The van der Waals surface area contributed by atoms with E-state index >= 15 is 0 Å². The maximum absolute atomic E-state index is 2.49. The monoisotopic (exact) mass is 1440 g/mol. The standard InChI is InChI=1S/C54H46N2.C53H52N2/c1-53(2,41-22-12-6-13-23-41)43-35-44(54(3,4)42-24-14-7-15-25-42)37-48(36-43)56-51-32-30-40(39-20-10-5-11-21-39)34-49(51)50-38-47(31-33-52(50)56)55(45-26-16-8-17-27-45)46-28-18-9-19-29-46;1-51(2,3)39-20-26-43(27-21-39)54(44-28-22-40(23-29-44)52(4,5)6)46-32-34-50-48(36-46)47-35-38(37-15-11-9-12-16-37)19-33-49(47)55(50)45-30-24-42(25-31-45)53(7,8)41-17-13-10-14-18-41/h5-38H,1-4H3;9-36H,1-8H3. The molecular weight excluding hydrogens is 1340 g/mol. The summed E-state index contributed by atoms with van der Waals surface area (Å²) in [5, 5.41) is 4.89. The molecule has 0 aliphatic carbocycles. The molecule has 15 aromatic carbocycles. The van der Waals surface area contributed by atoms with E-state index in [1.165, 1.54) is 110 Å². The molecular formula is C107H98N4. The fourth-order valence-electron chi connectivity index (χ4n) is 16.3. The van der Waals surface area contributed by atoms with Gasteiger partial charge < -0.3 is 18.9 Å². The van der Waals surface area contributed by atoms with Crippen molar-refractivity contribution >= 4 is 77.7 Å². The Hall–Kier alpha value is -12.5. The normalized spacial score (nSPS) is 12.1. The molecule has 546 valence electrons. The van der Waals surface area contributed by atoms with Crippen LogP contribution in [-0.2, 0) is 27.1 Å². The molecule has 0 saturated carbocycles. The minimum atomic E-state index is -0.239. The molecule has 0 atom stereocenters. The zero-order valence-electron chi connectivity index (χ0n) is 66.1. The minimum absolute atomic E-state index is 0.0738. The number of hydrogen-bond donors (Lipinski definition) is 0. The van der Waals surface area contributed by atoms with Crippen LogP contribution >= 0.6 is 0 Å². The van der Waals surface area contributed by atoms with Gasteiger partial charge in [-0.3, -0.25) is 0 Å². The molecule has 0 unspecified atom stereocenters. The number of aromatic nitrogens is 2. The molecule has 0 spiro atoms. The lowest BCUT2D eigenvalue weighted by Crippen LogP contribution is -2.23. The van der Waals surface area contributed by atoms with Crippen LogP contribution in [0.4, 0.5) is 34.1 Å². The number of fused-ring (bicyclic) bond motifs is 6. The van der Waals surface area contributed by atoms with Gasteiger partial charge in [0.25, 0.3) is 0 Å². The van der Waals surface area contributed by atoms with Gasteiger partial charge in [0.15, 0.2) is 0 Å². The fraction of sp³-hybridized carbons (Fsp3) is 0.159. The molecule has 4 heteroatoms. The predicted octanol–water partition coefficient (Wildman–Crippen LogP) is 29.4. The van der Waals surface area contributed by atoms with Crippen molar-refractivity contribution in [3.63, 3.8) is 0 Å². The first-order chi connectivity index (χ1) is 53.6. The second kappa shape index (κ2) is 29.5. The maximum atomic E-state index is 2.49. The van der Waals surface area contributed by atoms with E-state index in [1.54, 1.807) is 0 Å². The van der Waals surface area contributed by atoms with Gasteiger partial charge in [-0.1, -0.05) is 326 Å². The first kappa shape index (κ1) is 72.7. The zero-order valence-corrected chi connectivity index (χ0v) is 66.1. The molecule has 0 aliphatic heterocycles. The molecule has 17 aromatic rings. The Morgan fingerprint density at radius 3 is 0.784 bits per heavy atom. The first-order valence-electron chi connectivity index (χ1n) is 39.2. The van der Waals surface area contributed by atoms with Crippen LogP contribution in [0.3, 0.4) is 0 Å². The Balaban J connectivity index is 0.000000168. The molecule has 0 amide bonds. The number of anilines is 6. The van der Waals surface area contributed by atoms with E-state index in [4.69, 9.17) is 0 Å². The summed E-state index contributed by atoms with van der Waals surface area (Å²) in [6.07, 6.45) is 0. The minimum Gasteiger partial charge on any atom is -0.310 e.